The van der Waals surface area contributed by atoms with Crippen molar-refractivity contribution in [1.29, 1.82) is 0 Å². The van der Waals surface area contributed by atoms with Gasteiger partial charge >= 0.3 is 0 Å². The second kappa shape index (κ2) is 8.40. The van der Waals surface area contributed by atoms with Gasteiger partial charge < -0.3 is 4.74 Å². The van der Waals surface area contributed by atoms with E-state index in [-0.39, 0.29) is 12.1 Å². The van der Waals surface area contributed by atoms with Crippen molar-refractivity contribution in [2.45, 2.75) is 70.9 Å². The standard InChI is InChI=1S/C18H30N2O/c1-14(2)21-17-13-9-8-12-16(17)18(20-19)15-10-6-4-3-5-7-11-15/h8-9,12-15,18,20H,3-7,10-11,19H2,1-2H3. The summed E-state index contributed by atoms with van der Waals surface area (Å²) < 4.78 is 5.98. The smallest absolute Gasteiger partial charge is 0.124 e. The van der Waals surface area contributed by atoms with E-state index in [4.69, 9.17) is 10.6 Å². The number of benzene rings is 1. The van der Waals surface area contributed by atoms with Crippen LogP contribution in [-0.4, -0.2) is 6.10 Å². The number of hydrogen-bond acceptors (Lipinski definition) is 3. The summed E-state index contributed by atoms with van der Waals surface area (Å²) in [6, 6.07) is 8.52. The number of rotatable bonds is 5. The van der Waals surface area contributed by atoms with E-state index >= 15 is 0 Å². The van der Waals surface area contributed by atoms with E-state index in [1.54, 1.807) is 0 Å². The third-order valence-corrected chi connectivity index (χ3v) is 4.42. The highest BCUT2D eigenvalue weighted by atomic mass is 16.5. The number of nitrogens with two attached hydrogens (primary N) is 1. The third kappa shape index (κ3) is 4.72. The van der Waals surface area contributed by atoms with Gasteiger partial charge in [0.15, 0.2) is 0 Å². The molecule has 21 heavy (non-hydrogen) atoms. The minimum atomic E-state index is 0.182. The van der Waals surface area contributed by atoms with E-state index in [9.17, 15) is 0 Å². The predicted octanol–water partition coefficient (Wildman–Crippen LogP) is 4.34. The largest absolute Gasteiger partial charge is 0.491 e. The maximum Gasteiger partial charge on any atom is 0.124 e. The number of para-hydroxylation sites is 1. The van der Waals surface area contributed by atoms with Gasteiger partial charge in [0, 0.05) is 5.56 Å². The first-order valence-electron chi connectivity index (χ1n) is 8.44. The molecule has 118 valence electrons. The van der Waals surface area contributed by atoms with Gasteiger partial charge in [-0.1, -0.05) is 50.3 Å². The molecule has 2 rings (SSSR count). The Morgan fingerprint density at radius 1 is 1.05 bits per heavy atom. The lowest BCUT2D eigenvalue weighted by molar-refractivity contribution is 0.228. The van der Waals surface area contributed by atoms with Crippen LogP contribution in [0.15, 0.2) is 24.3 Å². The molecular formula is C18H30N2O. The molecule has 0 aromatic heterocycles. The molecular weight excluding hydrogens is 260 g/mol. The van der Waals surface area contributed by atoms with Crippen LogP contribution in [0.25, 0.3) is 0 Å². The first-order chi connectivity index (χ1) is 10.2. The summed E-state index contributed by atoms with van der Waals surface area (Å²) in [6.07, 6.45) is 9.43. The zero-order valence-electron chi connectivity index (χ0n) is 13.5. The Balaban J connectivity index is 2.19. The van der Waals surface area contributed by atoms with Crippen LogP contribution in [0.5, 0.6) is 5.75 Å². The zero-order valence-corrected chi connectivity index (χ0v) is 13.5. The Morgan fingerprint density at radius 2 is 1.67 bits per heavy atom. The molecule has 1 atom stereocenters. The molecule has 1 saturated carbocycles. The fraction of sp³-hybridized carbons (Fsp3) is 0.667. The van der Waals surface area contributed by atoms with Crippen molar-refractivity contribution in [1.82, 2.24) is 5.43 Å². The van der Waals surface area contributed by atoms with Crippen LogP contribution in [0.3, 0.4) is 0 Å². The molecule has 3 nitrogen and oxygen atoms in total. The van der Waals surface area contributed by atoms with Crippen LogP contribution >= 0.6 is 0 Å². The molecule has 1 aliphatic carbocycles. The van der Waals surface area contributed by atoms with Crippen molar-refractivity contribution < 1.29 is 4.74 Å². The van der Waals surface area contributed by atoms with Gasteiger partial charge in [-0.3, -0.25) is 11.3 Å². The SMILES string of the molecule is CC(C)Oc1ccccc1C(NN)C1CCCCCCC1. The van der Waals surface area contributed by atoms with Crippen LogP contribution < -0.4 is 16.0 Å². The molecule has 1 aromatic rings. The van der Waals surface area contributed by atoms with Crippen molar-refractivity contribution in [3.8, 4) is 5.75 Å². The molecule has 0 aliphatic heterocycles. The molecule has 1 aromatic carbocycles. The summed E-state index contributed by atoms with van der Waals surface area (Å²) in [5, 5.41) is 0. The van der Waals surface area contributed by atoms with Gasteiger partial charge in [0.25, 0.3) is 0 Å². The topological polar surface area (TPSA) is 47.3 Å². The Hall–Kier alpha value is -1.06. The lowest BCUT2D eigenvalue weighted by Gasteiger charge is -2.30. The number of hydrogen-bond donors (Lipinski definition) is 2. The first kappa shape index (κ1) is 16.3. The molecule has 3 heteroatoms. The molecule has 1 unspecified atom stereocenters. The fourth-order valence-corrected chi connectivity index (χ4v) is 3.40. The Morgan fingerprint density at radius 3 is 2.29 bits per heavy atom. The van der Waals surface area contributed by atoms with E-state index in [2.05, 4.69) is 37.5 Å². The van der Waals surface area contributed by atoms with Crippen molar-refractivity contribution in [2.24, 2.45) is 11.8 Å². The van der Waals surface area contributed by atoms with Crippen LogP contribution in [-0.2, 0) is 0 Å². The molecule has 3 N–H and O–H groups in total. The molecule has 0 spiro atoms. The molecule has 0 amide bonds. The minimum absolute atomic E-state index is 0.182. The maximum atomic E-state index is 5.98. The van der Waals surface area contributed by atoms with Crippen LogP contribution in [0.1, 0.15) is 70.4 Å². The number of nitrogens with one attached hydrogen (secondary N) is 1. The average Bonchev–Trinajstić information content (AvgIpc) is 2.42. The van der Waals surface area contributed by atoms with Crippen LogP contribution in [0, 0.1) is 5.92 Å². The van der Waals surface area contributed by atoms with Crippen molar-refractivity contribution in [3.05, 3.63) is 29.8 Å². The van der Waals surface area contributed by atoms with E-state index in [1.807, 2.05) is 6.07 Å². The van der Waals surface area contributed by atoms with Crippen LogP contribution in [0.4, 0.5) is 0 Å². The number of ether oxygens (including phenoxy) is 1. The molecule has 1 aliphatic rings. The molecule has 0 bridgehead atoms. The quantitative estimate of drug-likeness (QED) is 0.626. The predicted molar refractivity (Wildman–Crippen MR) is 88.1 cm³/mol. The number of hydrazine groups is 1. The van der Waals surface area contributed by atoms with E-state index < -0.39 is 0 Å². The summed E-state index contributed by atoms with van der Waals surface area (Å²) in [6.45, 7) is 4.13. The zero-order chi connectivity index (χ0) is 15.1. The Labute approximate surface area is 129 Å². The highest BCUT2D eigenvalue weighted by molar-refractivity contribution is 5.36. The van der Waals surface area contributed by atoms with Gasteiger partial charge in [-0.25, -0.2) is 0 Å². The summed E-state index contributed by atoms with van der Waals surface area (Å²) in [5.74, 6) is 7.49. The molecule has 0 heterocycles. The molecule has 0 radical (unpaired) electrons. The lowest BCUT2D eigenvalue weighted by Crippen LogP contribution is -2.34. The summed E-state index contributed by atoms with van der Waals surface area (Å²) in [7, 11) is 0. The van der Waals surface area contributed by atoms with Crippen molar-refractivity contribution in [2.75, 3.05) is 0 Å². The Bertz CT molecular complexity index is 411. The second-order valence-electron chi connectivity index (χ2n) is 6.45. The van der Waals surface area contributed by atoms with Gasteiger partial charge in [0.1, 0.15) is 5.75 Å². The summed E-state index contributed by atoms with van der Waals surface area (Å²) in [5.41, 5.74) is 4.28. The van der Waals surface area contributed by atoms with Crippen LogP contribution in [0.2, 0.25) is 0 Å². The van der Waals surface area contributed by atoms with Gasteiger partial charge in [-0.05, 0) is 38.7 Å². The van der Waals surface area contributed by atoms with E-state index in [1.165, 1.54) is 50.5 Å². The van der Waals surface area contributed by atoms with Crippen molar-refractivity contribution in [3.63, 3.8) is 0 Å². The van der Waals surface area contributed by atoms with Gasteiger partial charge in [0.2, 0.25) is 0 Å². The average molecular weight is 290 g/mol. The minimum Gasteiger partial charge on any atom is -0.491 e. The normalized spacial score (nSPS) is 19.0. The summed E-state index contributed by atoms with van der Waals surface area (Å²) >= 11 is 0. The monoisotopic (exact) mass is 290 g/mol. The maximum absolute atomic E-state index is 5.98. The van der Waals surface area contributed by atoms with Gasteiger partial charge in [-0.2, -0.15) is 0 Å². The summed E-state index contributed by atoms with van der Waals surface area (Å²) in [4.78, 5) is 0. The van der Waals surface area contributed by atoms with E-state index in [0.29, 0.717) is 5.92 Å². The fourth-order valence-electron chi connectivity index (χ4n) is 3.40. The van der Waals surface area contributed by atoms with Crippen molar-refractivity contribution >= 4 is 0 Å². The van der Waals surface area contributed by atoms with Gasteiger partial charge in [0.05, 0.1) is 12.1 Å². The highest BCUT2D eigenvalue weighted by Crippen LogP contribution is 2.36. The highest BCUT2D eigenvalue weighted by Gasteiger charge is 2.25. The molecule has 1 fully saturated rings. The van der Waals surface area contributed by atoms with E-state index in [0.717, 1.165) is 5.75 Å². The van der Waals surface area contributed by atoms with Gasteiger partial charge in [-0.15, -0.1) is 0 Å². The first-order valence-corrected chi connectivity index (χ1v) is 8.44. The second-order valence-corrected chi connectivity index (χ2v) is 6.45. The lowest BCUT2D eigenvalue weighted by atomic mass is 9.83. The Kier molecular flexibility index (Phi) is 6.52. The third-order valence-electron chi connectivity index (χ3n) is 4.42. The molecule has 0 saturated heterocycles.